The van der Waals surface area contributed by atoms with Crippen molar-refractivity contribution in [2.75, 3.05) is 27.7 Å². The van der Waals surface area contributed by atoms with Crippen LogP contribution in [-0.2, 0) is 18.3 Å². The molecule has 1 heterocycles. The van der Waals surface area contributed by atoms with Crippen LogP contribution in [0, 0.1) is 0 Å². The van der Waals surface area contributed by atoms with Crippen molar-refractivity contribution in [1.82, 2.24) is 19.8 Å². The first-order valence-corrected chi connectivity index (χ1v) is 6.28. The molecule has 0 aliphatic carbocycles. The number of likely N-dealkylation sites (N-methyl/N-ethyl adjacent to an activating group) is 2. The number of aromatic nitrogens is 2. The zero-order valence-corrected chi connectivity index (χ0v) is 12.4. The van der Waals surface area contributed by atoms with Crippen molar-refractivity contribution in [2.24, 2.45) is 7.05 Å². The van der Waals surface area contributed by atoms with Gasteiger partial charge in [0.05, 0.1) is 12.1 Å². The Hall–Kier alpha value is -0.910. The van der Waals surface area contributed by atoms with E-state index in [1.54, 1.807) is 7.11 Å². The molecular weight excluding hydrogens is 228 g/mol. The molecule has 1 unspecified atom stereocenters. The molecule has 0 fully saturated rings. The molecule has 0 saturated carbocycles. The summed E-state index contributed by atoms with van der Waals surface area (Å²) < 4.78 is 7.59. The summed E-state index contributed by atoms with van der Waals surface area (Å²) in [4.78, 5) is 6.60. The third-order valence-corrected chi connectivity index (χ3v) is 3.54. The fourth-order valence-corrected chi connectivity index (χ4v) is 1.97. The lowest BCUT2D eigenvalue weighted by Crippen LogP contribution is -2.52. The number of imidazole rings is 1. The Morgan fingerprint density at radius 1 is 1.56 bits per heavy atom. The van der Waals surface area contributed by atoms with Crippen molar-refractivity contribution in [3.8, 4) is 0 Å². The summed E-state index contributed by atoms with van der Waals surface area (Å²) in [6, 6.07) is 0.271. The Morgan fingerprint density at radius 2 is 2.22 bits per heavy atom. The Balaban J connectivity index is 2.58. The summed E-state index contributed by atoms with van der Waals surface area (Å²) in [6.07, 6.45) is 3.80. The van der Waals surface area contributed by atoms with E-state index >= 15 is 0 Å². The summed E-state index contributed by atoms with van der Waals surface area (Å²) in [5.41, 5.74) is -0.190. The molecule has 5 heteroatoms. The molecule has 104 valence electrons. The van der Waals surface area contributed by atoms with Gasteiger partial charge >= 0.3 is 0 Å². The Kier molecular flexibility index (Phi) is 5.31. The molecule has 0 amide bonds. The highest BCUT2D eigenvalue weighted by molar-refractivity contribution is 4.92. The minimum Gasteiger partial charge on any atom is -0.377 e. The number of hydrogen-bond acceptors (Lipinski definition) is 4. The molecule has 1 N–H and O–H groups in total. The van der Waals surface area contributed by atoms with Crippen LogP contribution in [0.1, 0.15) is 19.7 Å². The van der Waals surface area contributed by atoms with Crippen molar-refractivity contribution in [1.29, 1.82) is 0 Å². The van der Waals surface area contributed by atoms with Crippen LogP contribution in [0.2, 0.25) is 0 Å². The maximum atomic E-state index is 5.54. The van der Waals surface area contributed by atoms with E-state index in [-0.39, 0.29) is 11.6 Å². The number of aryl methyl sites for hydroxylation is 1. The van der Waals surface area contributed by atoms with Crippen molar-refractivity contribution in [3.05, 3.63) is 18.2 Å². The fraction of sp³-hybridized carbons (Fsp3) is 0.769. The lowest BCUT2D eigenvalue weighted by atomic mass is 9.98. The van der Waals surface area contributed by atoms with E-state index in [0.717, 1.165) is 18.9 Å². The average molecular weight is 254 g/mol. The molecule has 1 aromatic rings. The predicted molar refractivity (Wildman–Crippen MR) is 73.5 cm³/mol. The number of nitrogens with one attached hydrogen (secondary N) is 1. The highest BCUT2D eigenvalue weighted by Gasteiger charge is 2.28. The van der Waals surface area contributed by atoms with Gasteiger partial charge in [-0.2, -0.15) is 0 Å². The number of nitrogens with zero attached hydrogens (tertiary/aromatic N) is 3. The van der Waals surface area contributed by atoms with Gasteiger partial charge in [0.15, 0.2) is 0 Å². The summed E-state index contributed by atoms with van der Waals surface area (Å²) in [5.74, 6) is 1.07. The van der Waals surface area contributed by atoms with Gasteiger partial charge in [0.2, 0.25) is 0 Å². The molecule has 0 bridgehead atoms. The third kappa shape index (κ3) is 3.80. The summed E-state index contributed by atoms with van der Waals surface area (Å²) >= 11 is 0. The molecule has 1 atom stereocenters. The summed E-state index contributed by atoms with van der Waals surface area (Å²) in [7, 11) is 7.85. The number of rotatable bonds is 7. The van der Waals surface area contributed by atoms with E-state index in [4.69, 9.17) is 4.74 Å². The second-order valence-electron chi connectivity index (χ2n) is 5.30. The molecule has 1 rings (SSSR count). The van der Waals surface area contributed by atoms with Crippen LogP contribution in [0.3, 0.4) is 0 Å². The van der Waals surface area contributed by atoms with E-state index in [2.05, 4.69) is 36.1 Å². The van der Waals surface area contributed by atoms with Crippen LogP contribution in [0.5, 0.6) is 0 Å². The molecule has 18 heavy (non-hydrogen) atoms. The van der Waals surface area contributed by atoms with Gasteiger partial charge < -0.3 is 14.6 Å². The van der Waals surface area contributed by atoms with Gasteiger partial charge in [-0.15, -0.1) is 0 Å². The van der Waals surface area contributed by atoms with Crippen LogP contribution in [0.4, 0.5) is 0 Å². The lowest BCUT2D eigenvalue weighted by molar-refractivity contribution is -0.0166. The van der Waals surface area contributed by atoms with Gasteiger partial charge in [0.1, 0.15) is 5.82 Å². The van der Waals surface area contributed by atoms with E-state index in [1.165, 1.54) is 0 Å². The third-order valence-electron chi connectivity index (χ3n) is 3.54. The molecule has 0 aromatic carbocycles. The Labute approximate surface area is 110 Å². The maximum absolute atomic E-state index is 5.54. The van der Waals surface area contributed by atoms with Gasteiger partial charge in [-0.05, 0) is 27.9 Å². The Morgan fingerprint density at radius 3 is 2.67 bits per heavy atom. The van der Waals surface area contributed by atoms with Gasteiger partial charge in [-0.3, -0.25) is 4.90 Å². The lowest BCUT2D eigenvalue weighted by Gasteiger charge is -2.35. The molecule has 1 aromatic heterocycles. The highest BCUT2D eigenvalue weighted by Crippen LogP contribution is 2.15. The van der Waals surface area contributed by atoms with Gasteiger partial charge in [0.25, 0.3) is 0 Å². The van der Waals surface area contributed by atoms with Crippen LogP contribution in [0.25, 0.3) is 0 Å². The molecule has 0 aliphatic heterocycles. The number of methoxy groups -OCH3 is 1. The quantitative estimate of drug-likeness (QED) is 0.784. The first-order valence-electron chi connectivity index (χ1n) is 6.28. The number of hydrogen-bond donors (Lipinski definition) is 1. The first-order chi connectivity index (χ1) is 8.40. The van der Waals surface area contributed by atoms with Crippen molar-refractivity contribution in [3.63, 3.8) is 0 Å². The second-order valence-corrected chi connectivity index (χ2v) is 5.30. The minimum absolute atomic E-state index is 0.190. The van der Waals surface area contributed by atoms with Gasteiger partial charge in [0, 0.05) is 39.1 Å². The fourth-order valence-electron chi connectivity index (χ4n) is 1.97. The molecule has 0 radical (unpaired) electrons. The van der Waals surface area contributed by atoms with E-state index in [1.807, 2.05) is 31.1 Å². The van der Waals surface area contributed by atoms with Crippen molar-refractivity contribution in [2.45, 2.75) is 32.0 Å². The Bertz CT molecular complexity index is 362. The predicted octanol–water partition coefficient (Wildman–Crippen LogP) is 0.865. The standard InChI is InChI=1S/C13H26N4O/c1-13(2,18-6)11(14-3)9-16(4)10-12-15-7-8-17(12)5/h7-8,11,14H,9-10H2,1-6H3. The van der Waals surface area contributed by atoms with Crippen LogP contribution >= 0.6 is 0 Å². The largest absolute Gasteiger partial charge is 0.377 e. The zero-order chi connectivity index (χ0) is 13.8. The second kappa shape index (κ2) is 6.31. The van der Waals surface area contributed by atoms with E-state index in [9.17, 15) is 0 Å². The molecule has 0 aliphatic rings. The topological polar surface area (TPSA) is 42.3 Å². The first kappa shape index (κ1) is 15.1. The molecular formula is C13H26N4O. The monoisotopic (exact) mass is 254 g/mol. The number of ether oxygens (including phenoxy) is 1. The zero-order valence-electron chi connectivity index (χ0n) is 12.4. The normalized spacial score (nSPS) is 14.2. The van der Waals surface area contributed by atoms with Gasteiger partial charge in [-0.25, -0.2) is 4.98 Å². The van der Waals surface area contributed by atoms with E-state index in [0.29, 0.717) is 0 Å². The van der Waals surface area contributed by atoms with Gasteiger partial charge in [-0.1, -0.05) is 0 Å². The smallest absolute Gasteiger partial charge is 0.122 e. The van der Waals surface area contributed by atoms with Crippen molar-refractivity contribution >= 4 is 0 Å². The molecule has 0 saturated heterocycles. The average Bonchev–Trinajstić information content (AvgIpc) is 2.71. The van der Waals surface area contributed by atoms with Crippen LogP contribution < -0.4 is 5.32 Å². The summed E-state index contributed by atoms with van der Waals surface area (Å²) in [5, 5.41) is 3.32. The molecule has 5 nitrogen and oxygen atoms in total. The summed E-state index contributed by atoms with van der Waals surface area (Å²) in [6.45, 7) is 5.94. The van der Waals surface area contributed by atoms with Crippen LogP contribution in [0.15, 0.2) is 12.4 Å². The molecule has 0 spiro atoms. The van der Waals surface area contributed by atoms with Crippen molar-refractivity contribution < 1.29 is 4.74 Å². The van der Waals surface area contributed by atoms with Crippen LogP contribution in [-0.4, -0.2) is 53.8 Å². The van der Waals surface area contributed by atoms with E-state index < -0.39 is 0 Å². The SMILES string of the molecule is CNC(CN(C)Cc1nccn1C)C(C)(C)OC. The maximum Gasteiger partial charge on any atom is 0.122 e. The minimum atomic E-state index is -0.190. The highest BCUT2D eigenvalue weighted by atomic mass is 16.5.